The van der Waals surface area contributed by atoms with E-state index in [1.54, 1.807) is 0 Å². The number of rotatable bonds is 17. The average Bonchev–Trinajstić information content (AvgIpc) is 3.29. The molecule has 2 rings (SSSR count). The van der Waals surface area contributed by atoms with Crippen molar-refractivity contribution in [2.45, 2.75) is 154 Å². The molecule has 0 unspecified atom stereocenters. The van der Waals surface area contributed by atoms with Crippen LogP contribution in [0.5, 0.6) is 0 Å². The summed E-state index contributed by atoms with van der Waals surface area (Å²) in [5, 5.41) is 0.0487. The third-order valence-corrected chi connectivity index (χ3v) is 24.2. The zero-order valence-electron chi connectivity index (χ0n) is 27.8. The third-order valence-electron chi connectivity index (χ3n) is 10.4. The van der Waals surface area contributed by atoms with Crippen molar-refractivity contribution >= 4 is 30.9 Å². The number of carbonyl (C=O) groups excluding carboxylic acids is 1. The molecule has 40 heavy (non-hydrogen) atoms. The number of amides is 1. The van der Waals surface area contributed by atoms with Crippen LogP contribution in [0.4, 0.5) is 0 Å². The van der Waals surface area contributed by atoms with Crippen molar-refractivity contribution in [2.75, 3.05) is 6.61 Å². The van der Waals surface area contributed by atoms with E-state index in [0.717, 1.165) is 48.2 Å². The smallest absolute Gasteiger partial charge is 0.223 e. The van der Waals surface area contributed by atoms with Gasteiger partial charge in [0.2, 0.25) is 5.91 Å². The van der Waals surface area contributed by atoms with Gasteiger partial charge in [0.1, 0.15) is 0 Å². The largest absolute Gasteiger partial charge is 0.414 e. The Labute approximate surface area is 250 Å². The molecule has 5 nitrogen and oxygen atoms in total. The fourth-order valence-corrected chi connectivity index (χ4v) is 12.7. The molecular weight excluding hydrogens is 547 g/mol. The molecule has 0 radical (unpaired) electrons. The minimum Gasteiger partial charge on any atom is -0.414 e. The highest BCUT2D eigenvalue weighted by molar-refractivity contribution is 6.74. The Bertz CT molecular complexity index is 881. The predicted molar refractivity (Wildman–Crippen MR) is 177 cm³/mol. The van der Waals surface area contributed by atoms with E-state index in [-0.39, 0.29) is 29.2 Å². The first-order valence-corrected chi connectivity index (χ1v) is 24.1. The molecule has 1 aliphatic heterocycles. The number of hydrogen-bond acceptors (Lipinski definition) is 4. The summed E-state index contributed by atoms with van der Waals surface area (Å²) in [5.41, 5.74) is 1.16. The molecule has 0 N–H and O–H groups in total. The first-order valence-electron chi connectivity index (χ1n) is 16.1. The lowest BCUT2D eigenvalue weighted by Gasteiger charge is -2.47. The molecule has 0 aliphatic carbocycles. The number of hydrogen-bond donors (Lipinski definition) is 0. The van der Waals surface area contributed by atoms with Gasteiger partial charge in [-0.25, -0.2) is 0 Å². The third kappa shape index (κ3) is 8.63. The summed E-state index contributed by atoms with van der Waals surface area (Å²) < 4.78 is 21.8. The summed E-state index contributed by atoms with van der Waals surface area (Å²) in [4.78, 5) is 15.5. The number of benzene rings is 1. The molecule has 0 saturated carbocycles. The van der Waals surface area contributed by atoms with Gasteiger partial charge in [0, 0.05) is 13.0 Å². The van der Waals surface area contributed by atoms with Crippen molar-refractivity contribution in [3.8, 4) is 0 Å². The second kappa shape index (κ2) is 15.1. The van der Waals surface area contributed by atoms with E-state index in [4.69, 9.17) is 13.3 Å². The van der Waals surface area contributed by atoms with E-state index in [9.17, 15) is 4.79 Å². The monoisotopic (exact) mass is 607 g/mol. The van der Waals surface area contributed by atoms with Gasteiger partial charge < -0.3 is 18.2 Å². The first-order chi connectivity index (χ1) is 18.8. The minimum absolute atomic E-state index is 0.0198. The Morgan fingerprint density at radius 3 is 1.85 bits per heavy atom. The first kappa shape index (κ1) is 35.4. The van der Waals surface area contributed by atoms with Crippen molar-refractivity contribution in [3.05, 3.63) is 35.9 Å². The second-order valence-corrected chi connectivity index (χ2v) is 27.7. The maximum Gasteiger partial charge on any atom is 0.223 e. The number of nitrogens with zero attached hydrogens (tertiary/aromatic N) is 1. The standard InChI is InChI=1S/C32H61NO4Si3/c1-12-39(13-2,14-3)35-26-29(36-40(15-4,16-5)17-6)31(37-38(10,11)32(7,8)9)28-23-24-30(34)33(28)25-27-21-19-18-20-22-27/h18-22,28-29,31H,12-17,23-26H2,1-11H3/t28-,29-,31+/m1/s1. The number of likely N-dealkylation sites (tertiary alicyclic amines) is 1. The molecular formula is C32H61NO4Si3. The van der Waals surface area contributed by atoms with Crippen molar-refractivity contribution < 1.29 is 18.1 Å². The molecule has 0 aromatic heterocycles. The molecule has 1 aromatic rings. The van der Waals surface area contributed by atoms with Gasteiger partial charge >= 0.3 is 0 Å². The molecule has 1 aromatic carbocycles. The predicted octanol–water partition coefficient (Wildman–Crippen LogP) is 8.98. The van der Waals surface area contributed by atoms with E-state index in [2.05, 4.69) is 105 Å². The molecule has 1 amide bonds. The van der Waals surface area contributed by atoms with Gasteiger partial charge in [0.05, 0.1) is 24.9 Å². The molecule has 1 saturated heterocycles. The van der Waals surface area contributed by atoms with Crippen LogP contribution in [0.3, 0.4) is 0 Å². The highest BCUT2D eigenvalue weighted by Gasteiger charge is 2.49. The van der Waals surface area contributed by atoms with Crippen LogP contribution in [-0.4, -0.2) is 60.6 Å². The Balaban J connectivity index is 2.61. The molecule has 0 spiro atoms. The Hall–Kier alpha value is -0.779. The normalized spacial score (nSPS) is 18.8. The van der Waals surface area contributed by atoms with E-state index in [1.165, 1.54) is 0 Å². The zero-order chi connectivity index (χ0) is 30.2. The van der Waals surface area contributed by atoms with Crippen molar-refractivity contribution in [2.24, 2.45) is 0 Å². The maximum absolute atomic E-state index is 13.4. The van der Waals surface area contributed by atoms with Gasteiger partial charge in [0.15, 0.2) is 25.0 Å². The average molecular weight is 608 g/mol. The van der Waals surface area contributed by atoms with E-state index >= 15 is 0 Å². The molecule has 230 valence electrons. The van der Waals surface area contributed by atoms with Gasteiger partial charge in [-0.2, -0.15) is 0 Å². The van der Waals surface area contributed by atoms with E-state index < -0.39 is 25.0 Å². The van der Waals surface area contributed by atoms with Crippen molar-refractivity contribution in [1.82, 2.24) is 4.90 Å². The van der Waals surface area contributed by atoms with Crippen LogP contribution in [-0.2, 0) is 24.6 Å². The number of carbonyl (C=O) groups is 1. The van der Waals surface area contributed by atoms with Crippen LogP contribution in [0.1, 0.15) is 80.7 Å². The van der Waals surface area contributed by atoms with Crippen molar-refractivity contribution in [3.63, 3.8) is 0 Å². The van der Waals surface area contributed by atoms with Gasteiger partial charge in [-0.1, -0.05) is 92.6 Å². The zero-order valence-corrected chi connectivity index (χ0v) is 30.8. The van der Waals surface area contributed by atoms with Crippen LogP contribution < -0.4 is 0 Å². The van der Waals surface area contributed by atoms with Gasteiger partial charge in [-0.05, 0) is 66.4 Å². The minimum atomic E-state index is -2.19. The summed E-state index contributed by atoms with van der Waals surface area (Å²) in [6.45, 7) is 26.5. The maximum atomic E-state index is 13.4. The molecule has 1 fully saturated rings. The van der Waals surface area contributed by atoms with Crippen LogP contribution in [0, 0.1) is 0 Å². The lowest BCUT2D eigenvalue weighted by atomic mass is 10.0. The van der Waals surface area contributed by atoms with Crippen molar-refractivity contribution in [1.29, 1.82) is 0 Å². The molecule has 8 heteroatoms. The lowest BCUT2D eigenvalue weighted by Crippen LogP contribution is -2.59. The topological polar surface area (TPSA) is 48.0 Å². The molecule has 1 heterocycles. The van der Waals surface area contributed by atoms with Gasteiger partial charge in [0.25, 0.3) is 0 Å². The summed E-state index contributed by atoms with van der Waals surface area (Å²) >= 11 is 0. The molecule has 0 bridgehead atoms. The highest BCUT2D eigenvalue weighted by atomic mass is 28.4. The van der Waals surface area contributed by atoms with Gasteiger partial charge in [-0.15, -0.1) is 0 Å². The SMILES string of the molecule is CC[Si](CC)(CC)OC[C@@H](O[Si](CC)(CC)CC)[C@@H](O[Si](C)(C)C(C)(C)C)[C@H]1CCC(=O)N1Cc1ccccc1. The summed E-state index contributed by atoms with van der Waals surface area (Å²) in [6, 6.07) is 17.0. The van der Waals surface area contributed by atoms with Crippen LogP contribution in [0.25, 0.3) is 0 Å². The molecule has 1 aliphatic rings. The highest BCUT2D eigenvalue weighted by Crippen LogP contribution is 2.41. The van der Waals surface area contributed by atoms with E-state index in [0.29, 0.717) is 19.6 Å². The van der Waals surface area contributed by atoms with Crippen LogP contribution in [0.2, 0.25) is 54.4 Å². The lowest BCUT2D eigenvalue weighted by molar-refractivity contribution is -0.132. The van der Waals surface area contributed by atoms with Crippen LogP contribution >= 0.6 is 0 Å². The quantitative estimate of drug-likeness (QED) is 0.166. The Morgan fingerprint density at radius 1 is 0.850 bits per heavy atom. The molecule has 3 atom stereocenters. The second-order valence-electron chi connectivity index (χ2n) is 13.4. The summed E-state index contributed by atoms with van der Waals surface area (Å²) in [7, 11) is -6.03. The Kier molecular flexibility index (Phi) is 13.4. The van der Waals surface area contributed by atoms with E-state index in [1.807, 2.05) is 6.07 Å². The van der Waals surface area contributed by atoms with Crippen LogP contribution in [0.15, 0.2) is 30.3 Å². The Morgan fingerprint density at radius 2 is 1.38 bits per heavy atom. The van der Waals surface area contributed by atoms with Gasteiger partial charge in [-0.3, -0.25) is 4.79 Å². The fraction of sp³-hybridized carbons (Fsp3) is 0.781. The summed E-state index contributed by atoms with van der Waals surface area (Å²) in [6.07, 6.45) is 0.996. The fourth-order valence-electron chi connectivity index (χ4n) is 5.83. The summed E-state index contributed by atoms with van der Waals surface area (Å²) in [5.74, 6) is 0.224.